The van der Waals surface area contributed by atoms with Crippen molar-refractivity contribution in [1.29, 1.82) is 0 Å². The fourth-order valence-electron chi connectivity index (χ4n) is 1.11. The molecule has 0 radical (unpaired) electrons. The Kier molecular flexibility index (Phi) is 4.02. The average molecular weight is 339 g/mol. The van der Waals surface area contributed by atoms with Crippen molar-refractivity contribution in [3.8, 4) is 0 Å². The first-order chi connectivity index (χ1) is 7.68. The van der Waals surface area contributed by atoms with Gasteiger partial charge in [-0.05, 0) is 39.6 Å². The predicted octanol–water partition coefficient (Wildman–Crippen LogP) is 4.22. The molecule has 0 unspecified atom stereocenters. The lowest BCUT2D eigenvalue weighted by Crippen LogP contribution is -2.00. The number of rotatable bonds is 3. The van der Waals surface area contributed by atoms with Crippen LogP contribution in [-0.2, 0) is 6.54 Å². The number of nitrogens with one attached hydrogen (secondary N) is 1. The number of hydrogen-bond donors (Lipinski definition) is 1. The van der Waals surface area contributed by atoms with Gasteiger partial charge in [0.1, 0.15) is 0 Å². The van der Waals surface area contributed by atoms with Gasteiger partial charge in [0.2, 0.25) is 0 Å². The summed E-state index contributed by atoms with van der Waals surface area (Å²) in [5.74, 6) is 0. The summed E-state index contributed by atoms with van der Waals surface area (Å²) in [6.07, 6.45) is 0. The molecule has 1 aromatic heterocycles. The molecule has 0 saturated heterocycles. The molecule has 2 rings (SSSR count). The molecule has 0 aliphatic heterocycles. The van der Waals surface area contributed by atoms with Gasteiger partial charge in [-0.3, -0.25) is 0 Å². The van der Waals surface area contributed by atoms with Crippen LogP contribution in [0.15, 0.2) is 22.0 Å². The van der Waals surface area contributed by atoms with E-state index in [0.29, 0.717) is 16.6 Å². The first-order valence-electron chi connectivity index (χ1n) is 4.32. The van der Waals surface area contributed by atoms with Crippen molar-refractivity contribution in [3.63, 3.8) is 0 Å². The van der Waals surface area contributed by atoms with E-state index in [-0.39, 0.29) is 0 Å². The lowest BCUT2D eigenvalue weighted by Gasteiger charge is -2.08. The Morgan fingerprint density at radius 2 is 2.12 bits per heavy atom. The molecule has 0 spiro atoms. The smallest absolute Gasteiger partial charge is 0.0946 e. The summed E-state index contributed by atoms with van der Waals surface area (Å²) in [5.41, 5.74) is 1.66. The van der Waals surface area contributed by atoms with Crippen LogP contribution in [0.3, 0.4) is 0 Å². The minimum atomic E-state index is 0.499. The molecule has 1 heterocycles. The van der Waals surface area contributed by atoms with Crippen LogP contribution in [0.25, 0.3) is 0 Å². The fourth-order valence-corrected chi connectivity index (χ4v) is 2.40. The maximum absolute atomic E-state index is 6.08. The van der Waals surface area contributed by atoms with Crippen molar-refractivity contribution >= 4 is 56.4 Å². The Balaban J connectivity index is 2.13. The van der Waals surface area contributed by atoms with Crippen LogP contribution >= 0.6 is 50.7 Å². The van der Waals surface area contributed by atoms with Gasteiger partial charge < -0.3 is 5.32 Å². The molecule has 16 heavy (non-hydrogen) atoms. The number of halogens is 3. The number of hydrogen-bond acceptors (Lipinski definition) is 4. The maximum Gasteiger partial charge on any atom is 0.0946 e. The molecule has 0 saturated carbocycles. The number of anilines is 1. The summed E-state index contributed by atoms with van der Waals surface area (Å²) in [6.45, 7) is 0.578. The third-order valence-electron chi connectivity index (χ3n) is 1.90. The van der Waals surface area contributed by atoms with E-state index in [1.165, 1.54) is 11.5 Å². The monoisotopic (exact) mass is 337 g/mol. The highest BCUT2D eigenvalue weighted by atomic mass is 79.9. The van der Waals surface area contributed by atoms with E-state index in [4.69, 9.17) is 23.2 Å². The van der Waals surface area contributed by atoms with Crippen LogP contribution in [0.2, 0.25) is 10.0 Å². The summed E-state index contributed by atoms with van der Waals surface area (Å²) < 4.78 is 4.55. The normalized spacial score (nSPS) is 10.4. The van der Waals surface area contributed by atoms with Crippen LogP contribution in [0, 0.1) is 0 Å². The van der Waals surface area contributed by atoms with E-state index in [0.717, 1.165) is 15.9 Å². The molecule has 0 fully saturated rings. The Labute approximate surface area is 115 Å². The number of benzene rings is 1. The molecule has 1 N–H and O–H groups in total. The molecule has 0 atom stereocenters. The van der Waals surface area contributed by atoms with Gasteiger partial charge in [-0.15, -0.1) is 5.10 Å². The van der Waals surface area contributed by atoms with Crippen molar-refractivity contribution < 1.29 is 0 Å². The topological polar surface area (TPSA) is 37.8 Å². The lowest BCUT2D eigenvalue weighted by molar-refractivity contribution is 0.999. The van der Waals surface area contributed by atoms with Crippen molar-refractivity contribution in [1.82, 2.24) is 9.59 Å². The molecule has 7 heteroatoms. The Bertz CT molecular complexity index is 490. The van der Waals surface area contributed by atoms with Crippen LogP contribution < -0.4 is 5.32 Å². The highest BCUT2D eigenvalue weighted by molar-refractivity contribution is 9.10. The minimum Gasteiger partial charge on any atom is -0.378 e. The quantitative estimate of drug-likeness (QED) is 0.851. The Hall–Kier alpha value is -0.360. The van der Waals surface area contributed by atoms with Gasteiger partial charge in [0.05, 0.1) is 28.0 Å². The summed E-state index contributed by atoms with van der Waals surface area (Å²) in [4.78, 5) is 0. The standard InChI is InChI=1S/C9H6BrCl2N3S/c10-6-1-2-7(9(12)8(6)11)13-3-5-4-16-15-14-5/h1-2,4,13H,3H2. The zero-order valence-electron chi connectivity index (χ0n) is 7.88. The van der Waals surface area contributed by atoms with Gasteiger partial charge in [0.15, 0.2) is 0 Å². The molecule has 0 amide bonds. The number of nitrogens with zero attached hydrogens (tertiary/aromatic N) is 2. The van der Waals surface area contributed by atoms with Gasteiger partial charge in [-0.2, -0.15) is 0 Å². The van der Waals surface area contributed by atoms with Crippen LogP contribution in [0.4, 0.5) is 5.69 Å². The molecular formula is C9H6BrCl2N3S. The third kappa shape index (κ3) is 2.66. The first-order valence-corrected chi connectivity index (χ1v) is 6.70. The summed E-state index contributed by atoms with van der Waals surface area (Å²) in [7, 11) is 0. The van der Waals surface area contributed by atoms with E-state index >= 15 is 0 Å². The molecule has 0 aliphatic rings. The molecular weight excluding hydrogens is 333 g/mol. The third-order valence-corrected chi connectivity index (χ3v) is 4.22. The Morgan fingerprint density at radius 1 is 1.31 bits per heavy atom. The second-order valence-electron chi connectivity index (χ2n) is 2.97. The van der Waals surface area contributed by atoms with Crippen molar-refractivity contribution in [2.75, 3.05) is 5.32 Å². The van der Waals surface area contributed by atoms with Crippen molar-refractivity contribution in [3.05, 3.63) is 37.7 Å². The first kappa shape index (κ1) is 12.1. The number of aromatic nitrogens is 2. The van der Waals surface area contributed by atoms with Gasteiger partial charge in [-0.25, -0.2) is 0 Å². The predicted molar refractivity (Wildman–Crippen MR) is 71.4 cm³/mol. The van der Waals surface area contributed by atoms with E-state index in [2.05, 4.69) is 30.8 Å². The minimum absolute atomic E-state index is 0.499. The van der Waals surface area contributed by atoms with Gasteiger partial charge in [-0.1, -0.05) is 27.7 Å². The maximum atomic E-state index is 6.08. The van der Waals surface area contributed by atoms with E-state index in [9.17, 15) is 0 Å². The average Bonchev–Trinajstić information content (AvgIpc) is 2.78. The highest BCUT2D eigenvalue weighted by Gasteiger charge is 2.08. The highest BCUT2D eigenvalue weighted by Crippen LogP contribution is 2.35. The van der Waals surface area contributed by atoms with E-state index < -0.39 is 0 Å². The molecule has 3 nitrogen and oxygen atoms in total. The van der Waals surface area contributed by atoms with E-state index in [1.807, 2.05) is 17.5 Å². The zero-order valence-corrected chi connectivity index (χ0v) is 11.8. The summed E-state index contributed by atoms with van der Waals surface area (Å²) in [6, 6.07) is 3.70. The molecule has 1 aromatic carbocycles. The lowest BCUT2D eigenvalue weighted by atomic mass is 10.3. The van der Waals surface area contributed by atoms with Crippen molar-refractivity contribution in [2.45, 2.75) is 6.54 Å². The van der Waals surface area contributed by atoms with Gasteiger partial charge >= 0.3 is 0 Å². The molecule has 84 valence electrons. The van der Waals surface area contributed by atoms with E-state index in [1.54, 1.807) is 0 Å². The Morgan fingerprint density at radius 3 is 2.81 bits per heavy atom. The zero-order chi connectivity index (χ0) is 11.5. The summed E-state index contributed by atoms with van der Waals surface area (Å²) >= 11 is 16.7. The van der Waals surface area contributed by atoms with Gasteiger partial charge in [0, 0.05) is 9.85 Å². The fraction of sp³-hybridized carbons (Fsp3) is 0.111. The SMILES string of the molecule is Clc1c(Br)ccc(NCc2csnn2)c1Cl. The largest absolute Gasteiger partial charge is 0.378 e. The van der Waals surface area contributed by atoms with Gasteiger partial charge in [0.25, 0.3) is 0 Å². The van der Waals surface area contributed by atoms with Crippen molar-refractivity contribution in [2.24, 2.45) is 0 Å². The van der Waals surface area contributed by atoms with Crippen LogP contribution in [0.5, 0.6) is 0 Å². The van der Waals surface area contributed by atoms with Crippen LogP contribution in [0.1, 0.15) is 5.69 Å². The molecule has 2 aromatic rings. The molecule has 0 bridgehead atoms. The second-order valence-corrected chi connectivity index (χ2v) is 5.19. The van der Waals surface area contributed by atoms with Crippen LogP contribution in [-0.4, -0.2) is 9.59 Å². The summed E-state index contributed by atoms with van der Waals surface area (Å²) in [5, 5.41) is 9.95. The second kappa shape index (κ2) is 5.31. The molecule has 0 aliphatic carbocycles.